The van der Waals surface area contributed by atoms with E-state index in [0.717, 1.165) is 0 Å². The van der Waals surface area contributed by atoms with Gasteiger partial charge in [0.15, 0.2) is 0 Å². The minimum absolute atomic E-state index is 0.109. The molecular formula is C10H12Cl3NO2S. The fourth-order valence-corrected chi connectivity index (χ4v) is 2.89. The lowest BCUT2D eigenvalue weighted by Gasteiger charge is -2.08. The van der Waals surface area contributed by atoms with Crippen LogP contribution < -0.4 is 5.32 Å². The topological polar surface area (TPSA) is 38.3 Å². The summed E-state index contributed by atoms with van der Waals surface area (Å²) in [5, 5.41) is 2.62. The van der Waals surface area contributed by atoms with E-state index in [1.54, 1.807) is 13.2 Å². The van der Waals surface area contributed by atoms with Gasteiger partial charge < -0.3 is 10.1 Å². The monoisotopic (exact) mass is 315 g/mol. The zero-order chi connectivity index (χ0) is 12.8. The first-order valence-electron chi connectivity index (χ1n) is 4.90. The molecule has 0 spiro atoms. The Balaban J connectivity index is 2.37. The number of amides is 1. The van der Waals surface area contributed by atoms with E-state index in [0.29, 0.717) is 33.8 Å². The van der Waals surface area contributed by atoms with Crippen LogP contribution in [0.25, 0.3) is 0 Å². The summed E-state index contributed by atoms with van der Waals surface area (Å²) in [5.74, 6) is -0.237. The third-order valence-electron chi connectivity index (χ3n) is 1.99. The third-order valence-corrected chi connectivity index (χ3v) is 3.82. The first-order chi connectivity index (χ1) is 8.04. The quantitative estimate of drug-likeness (QED) is 0.817. The van der Waals surface area contributed by atoms with Crippen molar-refractivity contribution in [2.75, 3.05) is 20.3 Å². The Kier molecular flexibility index (Phi) is 6.59. The first-order valence-corrected chi connectivity index (χ1v) is 6.91. The lowest BCUT2D eigenvalue weighted by Crippen LogP contribution is -2.26. The van der Waals surface area contributed by atoms with E-state index in [2.05, 4.69) is 5.32 Å². The maximum atomic E-state index is 11.7. The first kappa shape index (κ1) is 15.1. The van der Waals surface area contributed by atoms with Crippen molar-refractivity contribution in [3.05, 3.63) is 20.3 Å². The van der Waals surface area contributed by atoms with E-state index in [1.807, 2.05) is 0 Å². The summed E-state index contributed by atoms with van der Waals surface area (Å²) in [4.78, 5) is 11.7. The highest BCUT2D eigenvalue weighted by molar-refractivity contribution is 7.20. The maximum absolute atomic E-state index is 11.7. The van der Waals surface area contributed by atoms with E-state index in [9.17, 15) is 4.79 Å². The number of alkyl halides is 1. The maximum Gasteiger partial charge on any atom is 0.253 e. The van der Waals surface area contributed by atoms with Crippen LogP contribution in [0.15, 0.2) is 6.07 Å². The van der Waals surface area contributed by atoms with Gasteiger partial charge in [-0.1, -0.05) is 23.2 Å². The van der Waals surface area contributed by atoms with Gasteiger partial charge in [0.25, 0.3) is 5.91 Å². The molecule has 96 valence electrons. The van der Waals surface area contributed by atoms with Crippen molar-refractivity contribution < 1.29 is 9.53 Å². The van der Waals surface area contributed by atoms with Crippen LogP contribution in [0, 0.1) is 0 Å². The predicted octanol–water partition coefficient (Wildman–Crippen LogP) is 3.43. The van der Waals surface area contributed by atoms with E-state index in [-0.39, 0.29) is 11.3 Å². The molecule has 1 atom stereocenters. The number of carbonyl (C=O) groups excluding carboxylic acids is 1. The molecule has 1 aromatic rings. The lowest BCUT2D eigenvalue weighted by molar-refractivity contribution is 0.0952. The molecule has 0 aliphatic rings. The Morgan fingerprint density at radius 3 is 2.82 bits per heavy atom. The van der Waals surface area contributed by atoms with Crippen LogP contribution >= 0.6 is 46.1 Å². The van der Waals surface area contributed by atoms with Gasteiger partial charge in [-0.15, -0.1) is 22.9 Å². The molecule has 0 saturated carbocycles. The molecule has 0 aliphatic heterocycles. The number of ether oxygens (including phenoxy) is 1. The molecule has 1 unspecified atom stereocenters. The Labute approximate surface area is 119 Å². The molecule has 0 aliphatic carbocycles. The minimum Gasteiger partial charge on any atom is -0.383 e. The van der Waals surface area contributed by atoms with Gasteiger partial charge in [-0.2, -0.15) is 0 Å². The number of rotatable bonds is 6. The Morgan fingerprint density at radius 2 is 2.29 bits per heavy atom. The van der Waals surface area contributed by atoms with Gasteiger partial charge in [0.2, 0.25) is 0 Å². The van der Waals surface area contributed by atoms with Gasteiger partial charge in [0, 0.05) is 13.7 Å². The van der Waals surface area contributed by atoms with E-state index in [4.69, 9.17) is 39.5 Å². The van der Waals surface area contributed by atoms with E-state index < -0.39 is 0 Å². The highest BCUT2D eigenvalue weighted by atomic mass is 35.5. The molecule has 3 nitrogen and oxygen atoms in total. The zero-order valence-electron chi connectivity index (χ0n) is 9.13. The highest BCUT2D eigenvalue weighted by Crippen LogP contribution is 2.30. The van der Waals surface area contributed by atoms with Crippen LogP contribution in [-0.4, -0.2) is 31.5 Å². The van der Waals surface area contributed by atoms with Crippen LogP contribution in [0.2, 0.25) is 8.67 Å². The van der Waals surface area contributed by atoms with Gasteiger partial charge in [0.05, 0.1) is 21.9 Å². The van der Waals surface area contributed by atoms with Gasteiger partial charge in [-0.25, -0.2) is 0 Å². The molecule has 0 bridgehead atoms. The van der Waals surface area contributed by atoms with Crippen molar-refractivity contribution in [3.8, 4) is 0 Å². The highest BCUT2D eigenvalue weighted by Gasteiger charge is 2.14. The summed E-state index contributed by atoms with van der Waals surface area (Å²) in [6, 6.07) is 1.55. The van der Waals surface area contributed by atoms with Crippen LogP contribution in [0.1, 0.15) is 16.8 Å². The molecule has 0 fully saturated rings. The average molecular weight is 317 g/mol. The molecule has 1 rings (SSSR count). The zero-order valence-corrected chi connectivity index (χ0v) is 12.2. The van der Waals surface area contributed by atoms with Crippen LogP contribution in [0.5, 0.6) is 0 Å². The fraction of sp³-hybridized carbons (Fsp3) is 0.500. The second-order valence-electron chi connectivity index (χ2n) is 3.34. The molecular weight excluding hydrogens is 305 g/mol. The number of carbonyl (C=O) groups is 1. The number of methoxy groups -OCH3 is 1. The molecule has 1 N–H and O–H groups in total. The summed E-state index contributed by atoms with van der Waals surface area (Å²) in [6.07, 6.45) is 0.636. The molecule has 1 amide bonds. The summed E-state index contributed by atoms with van der Waals surface area (Å²) in [5.41, 5.74) is 0.402. The third kappa shape index (κ3) is 5.02. The summed E-state index contributed by atoms with van der Waals surface area (Å²) < 4.78 is 5.78. The molecule has 0 radical (unpaired) electrons. The van der Waals surface area contributed by atoms with Crippen molar-refractivity contribution in [1.82, 2.24) is 5.32 Å². The standard InChI is InChI=1S/C10H12Cl3NO2S/c1-16-5-6(11)2-3-14-10(15)7-4-8(12)17-9(7)13/h4,6H,2-3,5H2,1H3,(H,14,15). The average Bonchev–Trinajstić information content (AvgIpc) is 2.58. The minimum atomic E-state index is -0.237. The smallest absolute Gasteiger partial charge is 0.253 e. The number of hydrogen-bond donors (Lipinski definition) is 1. The Morgan fingerprint density at radius 1 is 1.59 bits per heavy atom. The van der Waals surface area contributed by atoms with Crippen LogP contribution in [0.4, 0.5) is 0 Å². The van der Waals surface area contributed by atoms with Crippen molar-refractivity contribution in [3.63, 3.8) is 0 Å². The molecule has 1 heterocycles. The summed E-state index contributed by atoms with van der Waals surface area (Å²) >= 11 is 18.7. The van der Waals surface area contributed by atoms with Crippen molar-refractivity contribution in [2.24, 2.45) is 0 Å². The SMILES string of the molecule is COCC(Cl)CCNC(=O)c1cc(Cl)sc1Cl. The van der Waals surface area contributed by atoms with Gasteiger partial charge in [-0.3, -0.25) is 4.79 Å². The molecule has 0 saturated heterocycles. The fourth-order valence-electron chi connectivity index (χ4n) is 1.20. The van der Waals surface area contributed by atoms with E-state index in [1.165, 1.54) is 11.3 Å². The van der Waals surface area contributed by atoms with Crippen molar-refractivity contribution in [2.45, 2.75) is 11.8 Å². The van der Waals surface area contributed by atoms with Gasteiger partial charge >= 0.3 is 0 Å². The Hall–Kier alpha value is -0.0000000000000000555. The second-order valence-corrected chi connectivity index (χ2v) is 6.24. The molecule has 17 heavy (non-hydrogen) atoms. The lowest BCUT2D eigenvalue weighted by atomic mass is 10.3. The normalized spacial score (nSPS) is 12.5. The van der Waals surface area contributed by atoms with Gasteiger partial charge in [-0.05, 0) is 12.5 Å². The van der Waals surface area contributed by atoms with Crippen molar-refractivity contribution in [1.29, 1.82) is 0 Å². The second kappa shape index (κ2) is 7.44. The molecule has 1 aromatic heterocycles. The van der Waals surface area contributed by atoms with E-state index >= 15 is 0 Å². The number of thiophene rings is 1. The van der Waals surface area contributed by atoms with Crippen LogP contribution in [-0.2, 0) is 4.74 Å². The number of hydrogen-bond acceptors (Lipinski definition) is 3. The number of nitrogens with one attached hydrogen (secondary N) is 1. The molecule has 0 aromatic carbocycles. The van der Waals surface area contributed by atoms with Gasteiger partial charge in [0.1, 0.15) is 4.34 Å². The largest absolute Gasteiger partial charge is 0.383 e. The summed E-state index contributed by atoms with van der Waals surface area (Å²) in [7, 11) is 1.58. The predicted molar refractivity (Wildman–Crippen MR) is 72.8 cm³/mol. The van der Waals surface area contributed by atoms with Crippen molar-refractivity contribution >= 4 is 52.0 Å². The summed E-state index contributed by atoms with van der Waals surface area (Å²) in [6.45, 7) is 0.933. The molecule has 7 heteroatoms. The Bertz CT molecular complexity index is 384. The number of halogens is 3. The van der Waals surface area contributed by atoms with Crippen LogP contribution in [0.3, 0.4) is 0 Å².